The largest absolute Gasteiger partial charge is 0.342 e. The molecule has 152 valence electrons. The van der Waals surface area contributed by atoms with Gasteiger partial charge in [0.05, 0.1) is 0 Å². The van der Waals surface area contributed by atoms with Crippen LogP contribution in [0.4, 0.5) is 10.5 Å². The van der Waals surface area contributed by atoms with Crippen molar-refractivity contribution in [1.82, 2.24) is 15.5 Å². The number of thioether (sulfide) groups is 1. The summed E-state index contributed by atoms with van der Waals surface area (Å²) in [5.41, 5.74) is 0.726. The van der Waals surface area contributed by atoms with E-state index in [-0.39, 0.29) is 23.9 Å². The van der Waals surface area contributed by atoms with Gasteiger partial charge < -0.3 is 20.9 Å². The second-order valence-electron chi connectivity index (χ2n) is 7.79. The molecule has 3 atom stereocenters. The number of hydrogen-bond acceptors (Lipinski definition) is 4. The molecule has 0 aromatic heterocycles. The molecule has 2 saturated heterocycles. The molecule has 4 amide bonds. The standard InChI is InChI=1S/C20H28N4O3S/c1-12(2)9-16-19(26)24-8-7-14(11-17(24)18(25)23-16)22-20(27)21-13-5-4-6-15(10-13)28-3/h4-6,10,12,14,16-17H,7-9,11H2,1-3H3,(H,23,25)(H2,21,22,27)/t14-,16+,17-/m0/s1. The summed E-state index contributed by atoms with van der Waals surface area (Å²) in [5.74, 6) is 0.207. The van der Waals surface area contributed by atoms with Gasteiger partial charge in [0.1, 0.15) is 12.1 Å². The molecule has 7 nitrogen and oxygen atoms in total. The van der Waals surface area contributed by atoms with Crippen LogP contribution in [0.5, 0.6) is 0 Å². The van der Waals surface area contributed by atoms with Crippen molar-refractivity contribution < 1.29 is 14.4 Å². The number of carbonyl (C=O) groups is 3. The topological polar surface area (TPSA) is 90.5 Å². The van der Waals surface area contributed by atoms with E-state index in [2.05, 4.69) is 16.0 Å². The number of fused-ring (bicyclic) bond motifs is 1. The molecule has 1 aromatic carbocycles. The third-order valence-electron chi connectivity index (χ3n) is 5.17. The Morgan fingerprint density at radius 3 is 2.86 bits per heavy atom. The number of piperidine rings is 1. The number of rotatable bonds is 5. The van der Waals surface area contributed by atoms with Crippen molar-refractivity contribution in [3.8, 4) is 0 Å². The van der Waals surface area contributed by atoms with E-state index >= 15 is 0 Å². The van der Waals surface area contributed by atoms with Crippen LogP contribution >= 0.6 is 11.8 Å². The van der Waals surface area contributed by atoms with Crippen LogP contribution in [-0.4, -0.2) is 53.7 Å². The van der Waals surface area contributed by atoms with Crippen molar-refractivity contribution in [1.29, 1.82) is 0 Å². The van der Waals surface area contributed by atoms with Crippen LogP contribution in [0.2, 0.25) is 0 Å². The van der Waals surface area contributed by atoms with Gasteiger partial charge in [0.2, 0.25) is 11.8 Å². The second-order valence-corrected chi connectivity index (χ2v) is 8.67. The fourth-order valence-corrected chi connectivity index (χ4v) is 4.28. The lowest BCUT2D eigenvalue weighted by atomic mass is 9.91. The van der Waals surface area contributed by atoms with Gasteiger partial charge in [-0.1, -0.05) is 19.9 Å². The molecule has 0 saturated carbocycles. The number of benzene rings is 1. The van der Waals surface area contributed by atoms with Gasteiger partial charge in [-0.05, 0) is 49.6 Å². The maximum Gasteiger partial charge on any atom is 0.319 e. The van der Waals surface area contributed by atoms with Crippen molar-refractivity contribution in [2.24, 2.45) is 5.92 Å². The van der Waals surface area contributed by atoms with Crippen molar-refractivity contribution in [2.75, 3.05) is 18.1 Å². The molecule has 2 aliphatic rings. The smallest absolute Gasteiger partial charge is 0.319 e. The van der Waals surface area contributed by atoms with Gasteiger partial charge in [0, 0.05) is 23.2 Å². The van der Waals surface area contributed by atoms with Crippen molar-refractivity contribution in [2.45, 2.75) is 56.1 Å². The van der Waals surface area contributed by atoms with E-state index < -0.39 is 12.1 Å². The van der Waals surface area contributed by atoms with E-state index in [1.807, 2.05) is 44.4 Å². The lowest BCUT2D eigenvalue weighted by Gasteiger charge is -2.44. The van der Waals surface area contributed by atoms with Gasteiger partial charge in [-0.15, -0.1) is 11.8 Å². The number of nitrogens with zero attached hydrogens (tertiary/aromatic N) is 1. The van der Waals surface area contributed by atoms with Crippen LogP contribution in [0, 0.1) is 5.92 Å². The molecule has 1 aromatic rings. The van der Waals surface area contributed by atoms with Crippen molar-refractivity contribution in [3.05, 3.63) is 24.3 Å². The van der Waals surface area contributed by atoms with Gasteiger partial charge in [-0.3, -0.25) is 9.59 Å². The predicted molar refractivity (Wildman–Crippen MR) is 110 cm³/mol. The van der Waals surface area contributed by atoms with Crippen LogP contribution in [0.25, 0.3) is 0 Å². The average molecular weight is 405 g/mol. The van der Waals surface area contributed by atoms with E-state index in [1.54, 1.807) is 16.7 Å². The number of urea groups is 1. The highest BCUT2D eigenvalue weighted by atomic mass is 32.2. The Morgan fingerprint density at radius 2 is 2.14 bits per heavy atom. The van der Waals surface area contributed by atoms with Crippen LogP contribution in [0.15, 0.2) is 29.2 Å². The minimum atomic E-state index is -0.505. The number of nitrogens with one attached hydrogen (secondary N) is 3. The maximum absolute atomic E-state index is 12.7. The van der Waals surface area contributed by atoms with E-state index in [1.165, 1.54) is 0 Å². The first-order chi connectivity index (χ1) is 13.4. The Labute approximate surface area is 170 Å². The molecule has 3 N–H and O–H groups in total. The number of amides is 4. The number of piperazine rings is 1. The Hall–Kier alpha value is -2.22. The summed E-state index contributed by atoms with van der Waals surface area (Å²) in [6, 6.07) is 6.25. The zero-order valence-electron chi connectivity index (χ0n) is 16.5. The minimum absolute atomic E-state index is 0.00455. The summed E-state index contributed by atoms with van der Waals surface area (Å²) < 4.78 is 0. The lowest BCUT2D eigenvalue weighted by Crippen LogP contribution is -2.67. The molecular formula is C20H28N4O3S. The Kier molecular flexibility index (Phi) is 6.49. The molecule has 0 radical (unpaired) electrons. The molecule has 2 heterocycles. The Morgan fingerprint density at radius 1 is 1.36 bits per heavy atom. The summed E-state index contributed by atoms with van der Waals surface area (Å²) >= 11 is 1.61. The van der Waals surface area contributed by atoms with Crippen molar-refractivity contribution >= 4 is 35.3 Å². The van der Waals surface area contributed by atoms with E-state index in [0.717, 1.165) is 10.6 Å². The minimum Gasteiger partial charge on any atom is -0.342 e. The SMILES string of the molecule is CSc1cccc(NC(=O)N[C@H]2CCN3C(=O)[C@@H](CC(C)C)NC(=O)[C@@H]3C2)c1. The van der Waals surface area contributed by atoms with Crippen molar-refractivity contribution in [3.63, 3.8) is 0 Å². The van der Waals surface area contributed by atoms with Gasteiger partial charge in [-0.25, -0.2) is 4.79 Å². The number of carbonyl (C=O) groups excluding carboxylic acids is 3. The predicted octanol–water partition coefficient (Wildman–Crippen LogP) is 2.43. The quantitative estimate of drug-likeness (QED) is 0.658. The normalized spacial score (nSPS) is 24.6. The molecule has 28 heavy (non-hydrogen) atoms. The van der Waals surface area contributed by atoms with E-state index in [9.17, 15) is 14.4 Å². The summed E-state index contributed by atoms with van der Waals surface area (Å²) in [7, 11) is 0. The molecule has 0 spiro atoms. The lowest BCUT2D eigenvalue weighted by molar-refractivity contribution is -0.152. The van der Waals surface area contributed by atoms with Crippen LogP contribution in [0.3, 0.4) is 0 Å². The highest BCUT2D eigenvalue weighted by Crippen LogP contribution is 2.24. The summed E-state index contributed by atoms with van der Waals surface area (Å²) in [6.07, 6.45) is 3.70. The Bertz CT molecular complexity index is 755. The monoisotopic (exact) mass is 404 g/mol. The first kappa shape index (κ1) is 20.5. The van der Waals surface area contributed by atoms with Gasteiger partial charge in [0.15, 0.2) is 0 Å². The highest BCUT2D eigenvalue weighted by molar-refractivity contribution is 7.98. The molecular weight excluding hydrogens is 376 g/mol. The zero-order valence-corrected chi connectivity index (χ0v) is 17.3. The average Bonchev–Trinajstić information content (AvgIpc) is 2.65. The van der Waals surface area contributed by atoms with Gasteiger partial charge >= 0.3 is 6.03 Å². The number of hydrogen-bond donors (Lipinski definition) is 3. The third-order valence-corrected chi connectivity index (χ3v) is 5.90. The summed E-state index contributed by atoms with van der Waals surface area (Å²) in [4.78, 5) is 40.3. The molecule has 3 rings (SSSR count). The Balaban J connectivity index is 1.57. The molecule has 8 heteroatoms. The maximum atomic E-state index is 12.7. The second kappa shape index (κ2) is 8.86. The molecule has 0 unspecified atom stereocenters. The van der Waals surface area contributed by atoms with Crippen LogP contribution < -0.4 is 16.0 Å². The molecule has 0 aliphatic carbocycles. The molecule has 2 fully saturated rings. The van der Waals surface area contributed by atoms with Gasteiger partial charge in [0.25, 0.3) is 0 Å². The number of anilines is 1. The first-order valence-electron chi connectivity index (χ1n) is 9.69. The molecule has 2 aliphatic heterocycles. The van der Waals surface area contributed by atoms with Crippen LogP contribution in [0.1, 0.15) is 33.1 Å². The van der Waals surface area contributed by atoms with Gasteiger partial charge in [-0.2, -0.15) is 0 Å². The molecule has 0 bridgehead atoms. The highest BCUT2D eigenvalue weighted by Gasteiger charge is 2.44. The van der Waals surface area contributed by atoms with E-state index in [4.69, 9.17) is 0 Å². The fourth-order valence-electron chi connectivity index (χ4n) is 3.82. The van der Waals surface area contributed by atoms with Crippen LogP contribution in [-0.2, 0) is 9.59 Å². The fraction of sp³-hybridized carbons (Fsp3) is 0.550. The third kappa shape index (κ3) is 4.79. The summed E-state index contributed by atoms with van der Waals surface area (Å²) in [6.45, 7) is 4.56. The zero-order chi connectivity index (χ0) is 20.3. The first-order valence-corrected chi connectivity index (χ1v) is 10.9. The van der Waals surface area contributed by atoms with E-state index in [0.29, 0.717) is 31.7 Å². The summed E-state index contributed by atoms with van der Waals surface area (Å²) in [5, 5.41) is 8.64.